The van der Waals surface area contributed by atoms with Crippen molar-refractivity contribution in [2.24, 2.45) is 7.05 Å². The van der Waals surface area contributed by atoms with Crippen LogP contribution in [-0.2, 0) is 20.1 Å². The predicted molar refractivity (Wildman–Crippen MR) is 124 cm³/mol. The summed E-state index contributed by atoms with van der Waals surface area (Å²) >= 11 is 1.36. The lowest BCUT2D eigenvalue weighted by molar-refractivity contribution is 0.603. The van der Waals surface area contributed by atoms with Gasteiger partial charge in [-0.15, -0.1) is 16.9 Å². The van der Waals surface area contributed by atoms with Crippen molar-refractivity contribution >= 4 is 28.4 Å². The maximum absolute atomic E-state index is 13.0. The maximum Gasteiger partial charge on any atom is 0.350 e. The van der Waals surface area contributed by atoms with Gasteiger partial charge in [-0.05, 0) is 18.6 Å². The molecule has 0 atom stereocenters. The van der Waals surface area contributed by atoms with Gasteiger partial charge in [0.15, 0.2) is 11.3 Å². The van der Waals surface area contributed by atoms with Crippen LogP contribution in [0.1, 0.15) is 38.9 Å². The molecule has 0 bridgehead atoms. The zero-order chi connectivity index (χ0) is 23.0. The molecule has 0 unspecified atom stereocenters. The quantitative estimate of drug-likeness (QED) is 0.308. The van der Waals surface area contributed by atoms with Crippen LogP contribution in [0.3, 0.4) is 0 Å². The van der Waals surface area contributed by atoms with E-state index in [-0.39, 0.29) is 17.3 Å². The van der Waals surface area contributed by atoms with Gasteiger partial charge in [-0.2, -0.15) is 0 Å². The van der Waals surface area contributed by atoms with Crippen molar-refractivity contribution in [2.45, 2.75) is 51.2 Å². The first kappa shape index (κ1) is 22.0. The third-order valence-corrected chi connectivity index (χ3v) is 6.12. The number of fused-ring (bicyclic) bond motifs is 2. The SMILES string of the molecule is CCCn1c(=O)n(C)c(=O)c2c(SCCn3nc4ccccn4c3=O)nc(C(C)C)nc21. The van der Waals surface area contributed by atoms with Gasteiger partial charge in [0.2, 0.25) is 0 Å². The molecule has 11 heteroatoms. The van der Waals surface area contributed by atoms with Crippen molar-refractivity contribution < 1.29 is 0 Å². The topological polar surface area (TPSA) is 109 Å². The number of aryl methyl sites for hydroxylation is 2. The largest absolute Gasteiger partial charge is 0.350 e. The van der Waals surface area contributed by atoms with Crippen LogP contribution in [0.25, 0.3) is 16.7 Å². The smallest absolute Gasteiger partial charge is 0.277 e. The van der Waals surface area contributed by atoms with Crippen molar-refractivity contribution in [1.82, 2.24) is 33.3 Å². The summed E-state index contributed by atoms with van der Waals surface area (Å²) in [5, 5.41) is 5.19. The van der Waals surface area contributed by atoms with Gasteiger partial charge in [0.25, 0.3) is 5.56 Å². The third-order valence-electron chi connectivity index (χ3n) is 5.16. The summed E-state index contributed by atoms with van der Waals surface area (Å²) in [6, 6.07) is 5.38. The second kappa shape index (κ2) is 8.73. The van der Waals surface area contributed by atoms with Crippen molar-refractivity contribution in [3.63, 3.8) is 0 Å². The van der Waals surface area contributed by atoms with Gasteiger partial charge in [-0.1, -0.05) is 26.8 Å². The van der Waals surface area contributed by atoms with Crippen LogP contribution in [0.2, 0.25) is 0 Å². The zero-order valence-corrected chi connectivity index (χ0v) is 19.3. The Labute approximate surface area is 187 Å². The van der Waals surface area contributed by atoms with E-state index in [2.05, 4.69) is 15.1 Å². The van der Waals surface area contributed by atoms with E-state index in [4.69, 9.17) is 0 Å². The summed E-state index contributed by atoms with van der Waals surface area (Å²) in [5.41, 5.74) is -0.0742. The Morgan fingerprint density at radius 1 is 1.06 bits per heavy atom. The molecule has 10 nitrogen and oxygen atoms in total. The number of nitrogens with zero attached hydrogens (tertiary/aromatic N) is 7. The normalized spacial score (nSPS) is 11.8. The Kier molecular flexibility index (Phi) is 6.00. The number of hydrogen-bond donors (Lipinski definition) is 0. The van der Waals surface area contributed by atoms with Crippen LogP contribution >= 0.6 is 11.8 Å². The second-order valence-electron chi connectivity index (χ2n) is 7.82. The summed E-state index contributed by atoms with van der Waals surface area (Å²) in [6.45, 7) is 6.71. The Morgan fingerprint density at radius 3 is 2.53 bits per heavy atom. The first-order valence-electron chi connectivity index (χ1n) is 10.5. The predicted octanol–water partition coefficient (Wildman–Crippen LogP) is 1.63. The first-order valence-corrected chi connectivity index (χ1v) is 11.5. The molecule has 0 aliphatic heterocycles. The van der Waals surface area contributed by atoms with Crippen molar-refractivity contribution in [3.8, 4) is 0 Å². The van der Waals surface area contributed by atoms with Gasteiger partial charge in [-0.3, -0.25) is 18.3 Å². The number of rotatable bonds is 7. The van der Waals surface area contributed by atoms with Crippen LogP contribution in [0.5, 0.6) is 0 Å². The highest BCUT2D eigenvalue weighted by Crippen LogP contribution is 2.25. The van der Waals surface area contributed by atoms with E-state index < -0.39 is 5.56 Å². The molecular weight excluding hydrogens is 430 g/mol. The summed E-state index contributed by atoms with van der Waals surface area (Å²) < 4.78 is 5.54. The molecular formula is C21H25N7O3S. The fourth-order valence-corrected chi connectivity index (χ4v) is 4.42. The molecule has 0 amide bonds. The van der Waals surface area contributed by atoms with Gasteiger partial charge in [0.1, 0.15) is 16.2 Å². The van der Waals surface area contributed by atoms with E-state index >= 15 is 0 Å². The molecule has 4 aromatic rings. The minimum Gasteiger partial charge on any atom is -0.277 e. The fourth-order valence-electron chi connectivity index (χ4n) is 3.48. The van der Waals surface area contributed by atoms with E-state index in [0.29, 0.717) is 46.4 Å². The summed E-state index contributed by atoms with van der Waals surface area (Å²) in [6.07, 6.45) is 2.41. The fraction of sp³-hybridized carbons (Fsp3) is 0.429. The minimum absolute atomic E-state index is 0.0223. The van der Waals surface area contributed by atoms with E-state index in [0.717, 1.165) is 11.0 Å². The lowest BCUT2D eigenvalue weighted by atomic mass is 10.2. The monoisotopic (exact) mass is 455 g/mol. The lowest BCUT2D eigenvalue weighted by Gasteiger charge is -2.15. The van der Waals surface area contributed by atoms with E-state index in [1.807, 2.05) is 26.8 Å². The lowest BCUT2D eigenvalue weighted by Crippen LogP contribution is -2.39. The van der Waals surface area contributed by atoms with Crippen molar-refractivity contribution in [3.05, 3.63) is 61.5 Å². The summed E-state index contributed by atoms with van der Waals surface area (Å²) in [5.74, 6) is 1.07. The van der Waals surface area contributed by atoms with Gasteiger partial charge in [0.05, 0.1) is 6.54 Å². The molecule has 0 saturated heterocycles. The molecule has 0 aliphatic rings. The molecule has 4 heterocycles. The van der Waals surface area contributed by atoms with Crippen LogP contribution in [0.15, 0.2) is 43.8 Å². The van der Waals surface area contributed by atoms with E-state index in [9.17, 15) is 14.4 Å². The highest BCUT2D eigenvalue weighted by atomic mass is 32.2. The Morgan fingerprint density at radius 2 is 1.84 bits per heavy atom. The molecule has 168 valence electrons. The summed E-state index contributed by atoms with van der Waals surface area (Å²) in [4.78, 5) is 47.5. The first-order chi connectivity index (χ1) is 15.3. The van der Waals surface area contributed by atoms with E-state index in [1.165, 1.54) is 27.9 Å². The van der Waals surface area contributed by atoms with Crippen molar-refractivity contribution in [2.75, 3.05) is 5.75 Å². The Balaban J connectivity index is 1.77. The standard InChI is InChI=1S/C21H25N7O3S/c1-5-9-27-17-15(19(29)25(4)20(27)30)18(23-16(22-17)13(2)3)32-12-11-28-21(31)26-10-7-6-8-14(26)24-28/h6-8,10,13H,5,9,11-12H2,1-4H3. The van der Waals surface area contributed by atoms with Gasteiger partial charge >= 0.3 is 11.4 Å². The van der Waals surface area contributed by atoms with Gasteiger partial charge in [0, 0.05) is 31.5 Å². The molecule has 0 fully saturated rings. The van der Waals surface area contributed by atoms with Crippen LogP contribution in [0, 0.1) is 0 Å². The molecule has 0 saturated carbocycles. The van der Waals surface area contributed by atoms with Crippen molar-refractivity contribution in [1.29, 1.82) is 0 Å². The van der Waals surface area contributed by atoms with Crippen LogP contribution in [0.4, 0.5) is 0 Å². The third kappa shape index (κ3) is 3.77. The molecule has 0 N–H and O–H groups in total. The number of aromatic nitrogens is 7. The number of hydrogen-bond acceptors (Lipinski definition) is 7. The molecule has 4 rings (SSSR count). The average molecular weight is 456 g/mol. The molecule has 0 aliphatic carbocycles. The van der Waals surface area contributed by atoms with Crippen LogP contribution < -0.4 is 16.9 Å². The highest BCUT2D eigenvalue weighted by Gasteiger charge is 2.20. The number of pyridine rings is 1. The zero-order valence-electron chi connectivity index (χ0n) is 18.5. The Bertz CT molecular complexity index is 1480. The molecule has 32 heavy (non-hydrogen) atoms. The molecule has 0 aromatic carbocycles. The number of thioether (sulfide) groups is 1. The summed E-state index contributed by atoms with van der Waals surface area (Å²) in [7, 11) is 1.47. The van der Waals surface area contributed by atoms with Gasteiger partial charge < -0.3 is 0 Å². The highest BCUT2D eigenvalue weighted by molar-refractivity contribution is 7.99. The molecule has 0 radical (unpaired) electrons. The Hall–Kier alpha value is -3.21. The van der Waals surface area contributed by atoms with Crippen LogP contribution in [-0.4, -0.2) is 39.0 Å². The molecule has 0 spiro atoms. The van der Waals surface area contributed by atoms with E-state index in [1.54, 1.807) is 22.9 Å². The second-order valence-corrected chi connectivity index (χ2v) is 8.91. The maximum atomic E-state index is 13.0. The van der Waals surface area contributed by atoms with Gasteiger partial charge in [-0.25, -0.2) is 24.2 Å². The minimum atomic E-state index is -0.417. The molecule has 4 aromatic heterocycles. The average Bonchev–Trinajstić information content (AvgIpc) is 3.10.